The molecule has 2 nitrogen and oxygen atoms in total. The van der Waals surface area contributed by atoms with Crippen molar-refractivity contribution >= 4 is 22.6 Å². The number of piperidine rings is 1. The van der Waals surface area contributed by atoms with Gasteiger partial charge in [0.05, 0.1) is 0 Å². The van der Waals surface area contributed by atoms with Crippen LogP contribution in [0.2, 0.25) is 0 Å². The lowest BCUT2D eigenvalue weighted by molar-refractivity contribution is 0.225. The third kappa shape index (κ3) is 5.24. The Morgan fingerprint density at radius 1 is 1.06 bits per heavy atom. The molecule has 1 N–H and O–H groups in total. The summed E-state index contributed by atoms with van der Waals surface area (Å²) in [5, 5.41) is 3.53. The fraction of sp³-hybridized carbons (Fsp3) is 0.600. The third-order valence-electron chi connectivity index (χ3n) is 3.52. The summed E-state index contributed by atoms with van der Waals surface area (Å²) in [6.45, 7) is 6.02. The third-order valence-corrected chi connectivity index (χ3v) is 4.24. The zero-order valence-electron chi connectivity index (χ0n) is 11.0. The average molecular weight is 358 g/mol. The quantitative estimate of drug-likeness (QED) is 0.620. The average Bonchev–Trinajstić information content (AvgIpc) is 2.42. The van der Waals surface area contributed by atoms with Crippen LogP contribution in [-0.4, -0.2) is 31.1 Å². The minimum Gasteiger partial charge on any atom is -0.313 e. The maximum Gasteiger partial charge on any atom is 0.0205 e. The molecule has 1 aliphatic rings. The smallest absolute Gasteiger partial charge is 0.0205 e. The Hall–Kier alpha value is -0.130. The van der Waals surface area contributed by atoms with Crippen molar-refractivity contribution in [3.63, 3.8) is 0 Å². The highest BCUT2D eigenvalue weighted by Gasteiger charge is 2.08. The van der Waals surface area contributed by atoms with Crippen molar-refractivity contribution in [1.29, 1.82) is 0 Å². The Balaban J connectivity index is 1.54. The fourth-order valence-corrected chi connectivity index (χ4v) is 2.81. The zero-order chi connectivity index (χ0) is 12.6. The van der Waals surface area contributed by atoms with E-state index in [-0.39, 0.29) is 0 Å². The molecule has 100 valence electrons. The summed E-state index contributed by atoms with van der Waals surface area (Å²) in [4.78, 5) is 2.61. The Morgan fingerprint density at radius 2 is 1.78 bits per heavy atom. The minimum absolute atomic E-state index is 0.997. The molecule has 0 aromatic heterocycles. The molecule has 2 rings (SSSR count). The molecular weight excluding hydrogens is 335 g/mol. The molecule has 0 radical (unpaired) electrons. The predicted octanol–water partition coefficient (Wildman–Crippen LogP) is 3.26. The lowest BCUT2D eigenvalue weighted by Crippen LogP contribution is -2.32. The van der Waals surface area contributed by atoms with Gasteiger partial charge in [0.2, 0.25) is 0 Å². The highest BCUT2D eigenvalue weighted by atomic mass is 127. The maximum absolute atomic E-state index is 3.53. The maximum atomic E-state index is 3.53. The van der Waals surface area contributed by atoms with Gasteiger partial charge >= 0.3 is 0 Å². The molecule has 1 aliphatic heterocycles. The lowest BCUT2D eigenvalue weighted by atomic mass is 10.1. The monoisotopic (exact) mass is 358 g/mol. The van der Waals surface area contributed by atoms with Gasteiger partial charge in [-0.3, -0.25) is 0 Å². The first-order valence-corrected chi connectivity index (χ1v) is 8.10. The first-order valence-electron chi connectivity index (χ1n) is 7.02. The summed E-state index contributed by atoms with van der Waals surface area (Å²) in [7, 11) is 0. The molecule has 0 amide bonds. The van der Waals surface area contributed by atoms with E-state index in [1.807, 2.05) is 0 Å². The largest absolute Gasteiger partial charge is 0.313 e. The van der Waals surface area contributed by atoms with Crippen molar-refractivity contribution in [1.82, 2.24) is 10.2 Å². The van der Waals surface area contributed by atoms with Gasteiger partial charge < -0.3 is 10.2 Å². The van der Waals surface area contributed by atoms with Crippen LogP contribution in [0.1, 0.15) is 31.2 Å². The molecule has 1 aromatic carbocycles. The highest BCUT2D eigenvalue weighted by Crippen LogP contribution is 2.08. The summed E-state index contributed by atoms with van der Waals surface area (Å²) < 4.78 is 1.31. The second kappa shape index (κ2) is 8.12. The molecule has 18 heavy (non-hydrogen) atoms. The predicted molar refractivity (Wildman–Crippen MR) is 85.8 cm³/mol. The molecule has 1 saturated heterocycles. The number of hydrogen-bond acceptors (Lipinski definition) is 2. The van der Waals surface area contributed by atoms with E-state index in [0.29, 0.717) is 0 Å². The van der Waals surface area contributed by atoms with Gasteiger partial charge in [0.15, 0.2) is 0 Å². The first-order chi connectivity index (χ1) is 8.84. The van der Waals surface area contributed by atoms with Crippen LogP contribution in [0.3, 0.4) is 0 Å². The number of benzene rings is 1. The Labute approximate surface area is 124 Å². The molecule has 3 heteroatoms. The van der Waals surface area contributed by atoms with Gasteiger partial charge in [0, 0.05) is 10.1 Å². The van der Waals surface area contributed by atoms with E-state index >= 15 is 0 Å². The van der Waals surface area contributed by atoms with E-state index in [2.05, 4.69) is 57.1 Å². The van der Waals surface area contributed by atoms with Crippen molar-refractivity contribution in [3.8, 4) is 0 Å². The topological polar surface area (TPSA) is 15.3 Å². The standard InChI is InChI=1S/C15H23IN2/c16-15-7-5-14(6-8-15)13-17-9-4-12-18-10-2-1-3-11-18/h5-8,17H,1-4,9-13H2. The van der Waals surface area contributed by atoms with Crippen LogP contribution in [0.4, 0.5) is 0 Å². The highest BCUT2D eigenvalue weighted by molar-refractivity contribution is 14.1. The van der Waals surface area contributed by atoms with Gasteiger partial charge in [0.25, 0.3) is 0 Å². The lowest BCUT2D eigenvalue weighted by Gasteiger charge is -2.26. The molecule has 1 aromatic rings. The SMILES string of the molecule is Ic1ccc(CNCCCN2CCCCC2)cc1. The van der Waals surface area contributed by atoms with E-state index in [1.165, 1.54) is 54.5 Å². The number of likely N-dealkylation sites (tertiary alicyclic amines) is 1. The molecule has 0 saturated carbocycles. The summed E-state index contributed by atoms with van der Waals surface area (Å²) in [5.41, 5.74) is 1.38. The van der Waals surface area contributed by atoms with Crippen LogP contribution in [0.5, 0.6) is 0 Å². The van der Waals surface area contributed by atoms with E-state index < -0.39 is 0 Å². The number of hydrogen-bond donors (Lipinski definition) is 1. The van der Waals surface area contributed by atoms with Crippen molar-refractivity contribution < 1.29 is 0 Å². The van der Waals surface area contributed by atoms with Crippen LogP contribution in [0, 0.1) is 3.57 Å². The van der Waals surface area contributed by atoms with Crippen LogP contribution in [0.15, 0.2) is 24.3 Å². The molecule has 0 spiro atoms. The zero-order valence-corrected chi connectivity index (χ0v) is 13.2. The van der Waals surface area contributed by atoms with Gasteiger partial charge in [0.1, 0.15) is 0 Å². The van der Waals surface area contributed by atoms with Crippen LogP contribution in [0.25, 0.3) is 0 Å². The van der Waals surface area contributed by atoms with Crippen LogP contribution >= 0.6 is 22.6 Å². The van der Waals surface area contributed by atoms with E-state index in [4.69, 9.17) is 0 Å². The van der Waals surface area contributed by atoms with E-state index in [1.54, 1.807) is 0 Å². The molecule has 0 bridgehead atoms. The molecular formula is C15H23IN2. The van der Waals surface area contributed by atoms with E-state index in [9.17, 15) is 0 Å². The molecule has 0 atom stereocenters. The second-order valence-electron chi connectivity index (χ2n) is 5.06. The minimum atomic E-state index is 0.997. The first kappa shape index (κ1) is 14.3. The Morgan fingerprint density at radius 3 is 2.50 bits per heavy atom. The van der Waals surface area contributed by atoms with Gasteiger partial charge in [-0.1, -0.05) is 18.6 Å². The normalized spacial score (nSPS) is 16.9. The summed E-state index contributed by atoms with van der Waals surface area (Å²) >= 11 is 2.35. The van der Waals surface area contributed by atoms with Crippen LogP contribution in [-0.2, 0) is 6.54 Å². The van der Waals surface area contributed by atoms with Crippen molar-refractivity contribution in [2.24, 2.45) is 0 Å². The molecule has 0 unspecified atom stereocenters. The summed E-state index contributed by atoms with van der Waals surface area (Å²) in [6, 6.07) is 8.76. The Bertz CT molecular complexity index is 331. The van der Waals surface area contributed by atoms with Gasteiger partial charge in [-0.2, -0.15) is 0 Å². The summed E-state index contributed by atoms with van der Waals surface area (Å²) in [5.74, 6) is 0. The number of halogens is 1. The van der Waals surface area contributed by atoms with Gasteiger partial charge in [-0.05, 0) is 85.7 Å². The second-order valence-corrected chi connectivity index (χ2v) is 6.30. The molecule has 1 fully saturated rings. The van der Waals surface area contributed by atoms with Gasteiger partial charge in [-0.25, -0.2) is 0 Å². The number of rotatable bonds is 6. The van der Waals surface area contributed by atoms with Crippen molar-refractivity contribution in [3.05, 3.63) is 33.4 Å². The van der Waals surface area contributed by atoms with Crippen molar-refractivity contribution in [2.75, 3.05) is 26.2 Å². The molecule has 0 aliphatic carbocycles. The molecule has 1 heterocycles. The van der Waals surface area contributed by atoms with E-state index in [0.717, 1.165) is 13.1 Å². The van der Waals surface area contributed by atoms with Gasteiger partial charge in [-0.15, -0.1) is 0 Å². The fourth-order valence-electron chi connectivity index (χ4n) is 2.45. The number of nitrogens with zero attached hydrogens (tertiary/aromatic N) is 1. The van der Waals surface area contributed by atoms with Crippen molar-refractivity contribution in [2.45, 2.75) is 32.2 Å². The van der Waals surface area contributed by atoms with Crippen LogP contribution < -0.4 is 5.32 Å². The summed E-state index contributed by atoms with van der Waals surface area (Å²) in [6.07, 6.45) is 5.50. The number of nitrogens with one attached hydrogen (secondary N) is 1. The Kier molecular flexibility index (Phi) is 6.45.